The Morgan fingerprint density at radius 1 is 1.28 bits per heavy atom. The van der Waals surface area contributed by atoms with Gasteiger partial charge >= 0.3 is 0 Å². The van der Waals surface area contributed by atoms with Crippen LogP contribution in [0.3, 0.4) is 0 Å². The minimum atomic E-state index is -0.393. The summed E-state index contributed by atoms with van der Waals surface area (Å²) in [5.41, 5.74) is 6.20. The number of benzene rings is 1. The first-order valence-corrected chi connectivity index (χ1v) is 9.11. The molecule has 3 aromatic rings. The van der Waals surface area contributed by atoms with Crippen LogP contribution in [-0.2, 0) is 17.1 Å². The van der Waals surface area contributed by atoms with Crippen molar-refractivity contribution in [2.24, 2.45) is 5.73 Å². The zero-order chi connectivity index (χ0) is 17.8. The third kappa shape index (κ3) is 4.36. The fourth-order valence-corrected chi connectivity index (χ4v) is 3.71. The zero-order valence-electron chi connectivity index (χ0n) is 13.0. The second-order valence-electron chi connectivity index (χ2n) is 5.18. The summed E-state index contributed by atoms with van der Waals surface area (Å²) in [4.78, 5) is 11.2. The van der Waals surface area contributed by atoms with E-state index in [2.05, 4.69) is 10.2 Å². The fraction of sp³-hybridized carbons (Fsp3) is 0.188. The highest BCUT2D eigenvalue weighted by molar-refractivity contribution is 7.98. The highest BCUT2D eigenvalue weighted by Crippen LogP contribution is 2.30. The molecule has 2 N–H and O–H groups in total. The van der Waals surface area contributed by atoms with E-state index < -0.39 is 5.91 Å². The maximum absolute atomic E-state index is 11.2. The van der Waals surface area contributed by atoms with E-state index in [0.29, 0.717) is 39.1 Å². The summed E-state index contributed by atoms with van der Waals surface area (Å²) >= 11 is 13.6. The summed E-state index contributed by atoms with van der Waals surface area (Å²) in [6.45, 7) is 0.370. The first-order valence-electron chi connectivity index (χ1n) is 7.36. The van der Waals surface area contributed by atoms with E-state index in [1.807, 2.05) is 10.6 Å². The van der Waals surface area contributed by atoms with Gasteiger partial charge in [-0.25, -0.2) is 0 Å². The number of primary amides is 1. The molecule has 0 fully saturated rings. The van der Waals surface area contributed by atoms with Crippen molar-refractivity contribution in [1.29, 1.82) is 0 Å². The molecule has 2 heterocycles. The van der Waals surface area contributed by atoms with Gasteiger partial charge in [0.05, 0.1) is 6.26 Å². The number of thioether (sulfide) groups is 1. The predicted molar refractivity (Wildman–Crippen MR) is 97.6 cm³/mol. The summed E-state index contributed by atoms with van der Waals surface area (Å²) in [7, 11) is 0. The maximum atomic E-state index is 11.2. The van der Waals surface area contributed by atoms with E-state index >= 15 is 0 Å². The van der Waals surface area contributed by atoms with Crippen LogP contribution >= 0.6 is 35.0 Å². The molecule has 0 saturated heterocycles. The minimum Gasteiger partial charge on any atom is -0.461 e. The van der Waals surface area contributed by atoms with Gasteiger partial charge in [0.1, 0.15) is 0 Å². The highest BCUT2D eigenvalue weighted by Gasteiger charge is 2.17. The van der Waals surface area contributed by atoms with Crippen molar-refractivity contribution in [3.8, 4) is 11.6 Å². The predicted octanol–water partition coefficient (Wildman–Crippen LogP) is 4.01. The average molecular weight is 397 g/mol. The molecule has 130 valence electrons. The number of rotatable bonds is 7. The summed E-state index contributed by atoms with van der Waals surface area (Å²) in [5.74, 6) is 1.32. The Morgan fingerprint density at radius 3 is 2.80 bits per heavy atom. The van der Waals surface area contributed by atoms with Gasteiger partial charge in [0.2, 0.25) is 5.91 Å². The third-order valence-electron chi connectivity index (χ3n) is 3.41. The molecule has 1 amide bonds. The van der Waals surface area contributed by atoms with Crippen LogP contribution < -0.4 is 5.73 Å². The van der Waals surface area contributed by atoms with Crippen LogP contribution in [0.4, 0.5) is 0 Å². The van der Waals surface area contributed by atoms with Crippen molar-refractivity contribution < 1.29 is 9.21 Å². The molecule has 0 spiro atoms. The summed E-state index contributed by atoms with van der Waals surface area (Å²) in [6, 6.07) is 8.91. The first-order chi connectivity index (χ1) is 12.0. The SMILES string of the molecule is NC(=O)CCn1c(SCc2ccc(Cl)cc2Cl)nnc1-c1ccco1. The van der Waals surface area contributed by atoms with Gasteiger partial charge in [-0.15, -0.1) is 10.2 Å². The minimum absolute atomic E-state index is 0.182. The number of furan rings is 1. The number of hydrogen-bond acceptors (Lipinski definition) is 5. The third-order valence-corrected chi connectivity index (χ3v) is 5.01. The second-order valence-corrected chi connectivity index (χ2v) is 6.96. The molecular weight excluding hydrogens is 383 g/mol. The number of halogens is 2. The van der Waals surface area contributed by atoms with Gasteiger partial charge in [0.15, 0.2) is 16.7 Å². The molecule has 1 aromatic carbocycles. The number of hydrogen-bond donors (Lipinski definition) is 1. The Kier molecular flexibility index (Phi) is 5.67. The zero-order valence-corrected chi connectivity index (χ0v) is 15.3. The molecule has 3 rings (SSSR count). The average Bonchev–Trinajstić information content (AvgIpc) is 3.21. The Balaban J connectivity index is 1.83. The van der Waals surface area contributed by atoms with E-state index in [9.17, 15) is 4.79 Å². The van der Waals surface area contributed by atoms with Gasteiger partial charge in [0, 0.05) is 28.8 Å². The lowest BCUT2D eigenvalue weighted by Gasteiger charge is -2.08. The molecule has 2 aromatic heterocycles. The number of carbonyl (C=O) groups is 1. The van der Waals surface area contributed by atoms with Gasteiger partial charge in [-0.05, 0) is 29.8 Å². The number of amides is 1. The maximum Gasteiger partial charge on any atom is 0.219 e. The molecule has 6 nitrogen and oxygen atoms in total. The fourth-order valence-electron chi connectivity index (χ4n) is 2.19. The standard InChI is InChI=1S/C16H14Cl2N4O2S/c17-11-4-3-10(12(18)8-11)9-25-16-21-20-15(13-2-1-7-24-13)22(16)6-5-14(19)23/h1-4,7-8H,5-6,9H2,(H2,19,23). The topological polar surface area (TPSA) is 86.9 Å². The van der Waals surface area contributed by atoms with Crippen molar-refractivity contribution >= 4 is 40.9 Å². The molecular formula is C16H14Cl2N4O2S. The molecule has 0 unspecified atom stereocenters. The smallest absolute Gasteiger partial charge is 0.219 e. The summed E-state index contributed by atoms with van der Waals surface area (Å²) in [6.07, 6.45) is 1.74. The van der Waals surface area contributed by atoms with Crippen molar-refractivity contribution in [2.45, 2.75) is 23.9 Å². The Labute approximate surface area is 158 Å². The molecule has 0 aliphatic heterocycles. The van der Waals surface area contributed by atoms with Crippen LogP contribution in [-0.4, -0.2) is 20.7 Å². The quantitative estimate of drug-likeness (QED) is 0.609. The van der Waals surface area contributed by atoms with E-state index in [1.54, 1.807) is 30.5 Å². The number of nitrogens with zero attached hydrogens (tertiary/aromatic N) is 3. The molecule has 0 saturated carbocycles. The lowest BCUT2D eigenvalue weighted by atomic mass is 10.2. The molecule has 0 radical (unpaired) electrons. The first kappa shape index (κ1) is 17.8. The molecule has 0 aliphatic rings. The van der Waals surface area contributed by atoms with Crippen molar-refractivity contribution in [3.63, 3.8) is 0 Å². The molecule has 0 bridgehead atoms. The molecule has 0 atom stereocenters. The Morgan fingerprint density at radius 2 is 2.12 bits per heavy atom. The van der Waals surface area contributed by atoms with E-state index in [0.717, 1.165) is 5.56 Å². The second kappa shape index (κ2) is 7.95. The van der Waals surface area contributed by atoms with Crippen molar-refractivity contribution in [1.82, 2.24) is 14.8 Å². The summed E-state index contributed by atoms with van der Waals surface area (Å²) in [5, 5.41) is 10.2. The molecule has 9 heteroatoms. The van der Waals surface area contributed by atoms with E-state index in [-0.39, 0.29) is 6.42 Å². The van der Waals surface area contributed by atoms with E-state index in [4.69, 9.17) is 33.4 Å². The normalized spacial score (nSPS) is 11.0. The lowest BCUT2D eigenvalue weighted by molar-refractivity contribution is -0.118. The van der Waals surface area contributed by atoms with Gasteiger partial charge in [-0.2, -0.15) is 0 Å². The van der Waals surface area contributed by atoms with Gasteiger partial charge in [-0.1, -0.05) is 41.0 Å². The number of aromatic nitrogens is 3. The van der Waals surface area contributed by atoms with Gasteiger partial charge in [-0.3, -0.25) is 9.36 Å². The highest BCUT2D eigenvalue weighted by atomic mass is 35.5. The lowest BCUT2D eigenvalue weighted by Crippen LogP contribution is -2.15. The van der Waals surface area contributed by atoms with E-state index in [1.165, 1.54) is 11.8 Å². The largest absolute Gasteiger partial charge is 0.461 e. The van der Waals surface area contributed by atoms with Gasteiger partial charge < -0.3 is 10.2 Å². The van der Waals surface area contributed by atoms with Crippen LogP contribution in [0.5, 0.6) is 0 Å². The van der Waals surface area contributed by atoms with Crippen molar-refractivity contribution in [3.05, 3.63) is 52.2 Å². The van der Waals surface area contributed by atoms with Crippen LogP contribution in [0.25, 0.3) is 11.6 Å². The van der Waals surface area contributed by atoms with Crippen LogP contribution in [0, 0.1) is 0 Å². The molecule has 25 heavy (non-hydrogen) atoms. The Bertz CT molecular complexity index is 880. The van der Waals surface area contributed by atoms with Crippen LogP contribution in [0.15, 0.2) is 46.2 Å². The van der Waals surface area contributed by atoms with Crippen LogP contribution in [0.1, 0.15) is 12.0 Å². The number of carbonyl (C=O) groups excluding carboxylic acids is 1. The summed E-state index contributed by atoms with van der Waals surface area (Å²) < 4.78 is 7.21. The van der Waals surface area contributed by atoms with Gasteiger partial charge in [0.25, 0.3) is 0 Å². The number of nitrogens with two attached hydrogens (primary N) is 1. The van der Waals surface area contributed by atoms with Crippen LogP contribution in [0.2, 0.25) is 10.0 Å². The monoisotopic (exact) mass is 396 g/mol. The molecule has 0 aliphatic carbocycles. The Hall–Kier alpha value is -1.96. The van der Waals surface area contributed by atoms with Crippen molar-refractivity contribution in [2.75, 3.05) is 0 Å².